The molecule has 1 aliphatic heterocycles. The van der Waals surface area contributed by atoms with Gasteiger partial charge < -0.3 is 9.47 Å². The summed E-state index contributed by atoms with van der Waals surface area (Å²) in [4.78, 5) is 14.8. The maximum Gasteiger partial charge on any atom is 0.415 e. The number of halogens is 1. The zero-order valence-electron chi connectivity index (χ0n) is 15.6. The summed E-state index contributed by atoms with van der Waals surface area (Å²) in [6, 6.07) is 13.8. The normalized spacial score (nSPS) is 16.8. The molecule has 138 valence electrons. The average Bonchev–Trinajstić information content (AvgIpc) is 2.59. The monoisotopic (exact) mass is 417 g/mol. The van der Waals surface area contributed by atoms with Gasteiger partial charge in [0.25, 0.3) is 0 Å². The van der Waals surface area contributed by atoms with Crippen LogP contribution in [0.1, 0.15) is 44.4 Å². The van der Waals surface area contributed by atoms with Crippen molar-refractivity contribution in [1.82, 2.24) is 0 Å². The molecule has 2 aromatic carbocycles. The molecule has 2 aromatic rings. The fourth-order valence-corrected chi connectivity index (χ4v) is 3.83. The maximum absolute atomic E-state index is 13.1. The van der Waals surface area contributed by atoms with E-state index in [2.05, 4.69) is 15.9 Å². The zero-order chi connectivity index (χ0) is 18.9. The van der Waals surface area contributed by atoms with E-state index in [4.69, 9.17) is 9.47 Å². The Morgan fingerprint density at radius 1 is 1.15 bits per heavy atom. The first-order valence-corrected chi connectivity index (χ1v) is 9.53. The van der Waals surface area contributed by atoms with Gasteiger partial charge in [0.1, 0.15) is 11.4 Å². The molecule has 1 amide bonds. The number of hydrogen-bond donors (Lipinski definition) is 0. The van der Waals surface area contributed by atoms with E-state index in [1.165, 1.54) is 0 Å². The summed E-state index contributed by atoms with van der Waals surface area (Å²) in [6.07, 6.45) is 1.41. The predicted molar refractivity (Wildman–Crippen MR) is 107 cm³/mol. The summed E-state index contributed by atoms with van der Waals surface area (Å²) in [6.45, 7) is 5.66. The molecule has 0 N–H and O–H groups in total. The van der Waals surface area contributed by atoms with Crippen LogP contribution in [0.25, 0.3) is 0 Å². The standard InChI is InChI=1S/C21H24BrNO3/c1-21(2,3)26-20(24)23-18(14-8-10-15(25-4)11-9-14)13-12-16-17(22)6-5-7-19(16)23/h5-11,18H,12-13H2,1-4H3. The van der Waals surface area contributed by atoms with Crippen molar-refractivity contribution >= 4 is 27.7 Å². The van der Waals surface area contributed by atoms with E-state index in [9.17, 15) is 4.79 Å². The molecule has 0 bridgehead atoms. The summed E-state index contributed by atoms with van der Waals surface area (Å²) in [7, 11) is 1.65. The minimum Gasteiger partial charge on any atom is -0.497 e. The van der Waals surface area contributed by atoms with E-state index in [0.29, 0.717) is 0 Å². The number of carbonyl (C=O) groups excluding carboxylic acids is 1. The fourth-order valence-electron chi connectivity index (χ4n) is 3.28. The third-order valence-corrected chi connectivity index (χ3v) is 5.17. The molecule has 0 radical (unpaired) electrons. The van der Waals surface area contributed by atoms with Gasteiger partial charge in [0.15, 0.2) is 0 Å². The van der Waals surface area contributed by atoms with Gasteiger partial charge in [-0.05, 0) is 69.0 Å². The van der Waals surface area contributed by atoms with Crippen LogP contribution in [0.5, 0.6) is 5.75 Å². The Morgan fingerprint density at radius 2 is 1.85 bits per heavy atom. The predicted octanol–water partition coefficient (Wildman–Crippen LogP) is 5.89. The number of ether oxygens (including phenoxy) is 2. The van der Waals surface area contributed by atoms with Gasteiger partial charge in [-0.25, -0.2) is 4.79 Å². The molecular weight excluding hydrogens is 394 g/mol. The van der Waals surface area contributed by atoms with Crippen molar-refractivity contribution in [2.24, 2.45) is 0 Å². The number of methoxy groups -OCH3 is 1. The Hall–Kier alpha value is -2.01. The minimum atomic E-state index is -0.550. The van der Waals surface area contributed by atoms with Gasteiger partial charge in [0.2, 0.25) is 0 Å². The van der Waals surface area contributed by atoms with Gasteiger partial charge in [-0.15, -0.1) is 0 Å². The van der Waals surface area contributed by atoms with Crippen LogP contribution in [0.15, 0.2) is 46.9 Å². The molecule has 1 aliphatic rings. The molecule has 0 saturated heterocycles. The highest BCUT2D eigenvalue weighted by atomic mass is 79.9. The number of benzene rings is 2. The highest BCUT2D eigenvalue weighted by Gasteiger charge is 2.35. The second kappa shape index (κ2) is 7.31. The summed E-state index contributed by atoms with van der Waals surface area (Å²) in [5.41, 5.74) is 2.57. The van der Waals surface area contributed by atoms with Gasteiger partial charge in [-0.2, -0.15) is 0 Å². The topological polar surface area (TPSA) is 38.8 Å². The number of nitrogens with zero attached hydrogens (tertiary/aromatic N) is 1. The molecule has 0 aliphatic carbocycles. The lowest BCUT2D eigenvalue weighted by molar-refractivity contribution is 0.0560. The van der Waals surface area contributed by atoms with E-state index >= 15 is 0 Å². The van der Waals surface area contributed by atoms with Crippen molar-refractivity contribution in [1.29, 1.82) is 0 Å². The lowest BCUT2D eigenvalue weighted by Gasteiger charge is -2.38. The Kier molecular flexibility index (Phi) is 5.28. The van der Waals surface area contributed by atoms with Crippen LogP contribution in [0.4, 0.5) is 10.5 Å². The molecule has 3 rings (SSSR count). The van der Waals surface area contributed by atoms with Gasteiger partial charge in [0.05, 0.1) is 18.8 Å². The van der Waals surface area contributed by atoms with Gasteiger partial charge in [-0.3, -0.25) is 4.90 Å². The summed E-state index contributed by atoms with van der Waals surface area (Å²) in [5.74, 6) is 0.802. The summed E-state index contributed by atoms with van der Waals surface area (Å²) < 4.78 is 12.0. The van der Waals surface area contributed by atoms with Crippen molar-refractivity contribution in [3.8, 4) is 5.75 Å². The van der Waals surface area contributed by atoms with Gasteiger partial charge >= 0.3 is 6.09 Å². The summed E-state index contributed by atoms with van der Waals surface area (Å²) in [5, 5.41) is 0. The van der Waals surface area contributed by atoms with Crippen molar-refractivity contribution in [2.45, 2.75) is 45.3 Å². The van der Waals surface area contributed by atoms with Crippen LogP contribution in [0, 0.1) is 0 Å². The average molecular weight is 418 g/mol. The van der Waals surface area contributed by atoms with E-state index in [1.807, 2.05) is 63.2 Å². The first-order valence-electron chi connectivity index (χ1n) is 8.74. The molecular formula is C21H24BrNO3. The highest BCUT2D eigenvalue weighted by Crippen LogP contribution is 2.42. The first-order chi connectivity index (χ1) is 12.3. The largest absolute Gasteiger partial charge is 0.497 e. The number of amides is 1. The second-order valence-corrected chi connectivity index (χ2v) is 8.27. The number of carbonyl (C=O) groups is 1. The molecule has 0 saturated carbocycles. The van der Waals surface area contributed by atoms with E-state index in [0.717, 1.165) is 39.9 Å². The highest BCUT2D eigenvalue weighted by molar-refractivity contribution is 9.10. The number of anilines is 1. The Balaban J connectivity index is 2.03. The van der Waals surface area contributed by atoms with Crippen LogP contribution >= 0.6 is 15.9 Å². The molecule has 0 fully saturated rings. The minimum absolute atomic E-state index is 0.0717. The van der Waals surface area contributed by atoms with Crippen LogP contribution < -0.4 is 9.64 Å². The molecule has 0 spiro atoms. The van der Waals surface area contributed by atoms with E-state index < -0.39 is 5.60 Å². The van der Waals surface area contributed by atoms with Gasteiger partial charge in [0, 0.05) is 4.47 Å². The third-order valence-electron chi connectivity index (χ3n) is 4.42. The molecule has 1 unspecified atom stereocenters. The van der Waals surface area contributed by atoms with Crippen molar-refractivity contribution in [3.63, 3.8) is 0 Å². The SMILES string of the molecule is COc1ccc(C2CCc3c(Br)cccc3N2C(=O)OC(C)(C)C)cc1. The molecule has 0 aromatic heterocycles. The third kappa shape index (κ3) is 3.88. The van der Waals surface area contributed by atoms with Gasteiger partial charge in [-0.1, -0.05) is 34.1 Å². The van der Waals surface area contributed by atoms with Crippen molar-refractivity contribution < 1.29 is 14.3 Å². The fraction of sp³-hybridized carbons (Fsp3) is 0.381. The molecule has 1 atom stereocenters. The molecule has 1 heterocycles. The lowest BCUT2D eigenvalue weighted by Crippen LogP contribution is -2.42. The molecule has 26 heavy (non-hydrogen) atoms. The molecule has 5 heteroatoms. The zero-order valence-corrected chi connectivity index (χ0v) is 17.2. The second-order valence-electron chi connectivity index (χ2n) is 7.42. The molecule has 4 nitrogen and oxygen atoms in total. The van der Waals surface area contributed by atoms with E-state index in [-0.39, 0.29) is 12.1 Å². The van der Waals surface area contributed by atoms with Crippen molar-refractivity contribution in [3.05, 3.63) is 58.1 Å². The van der Waals surface area contributed by atoms with E-state index in [1.54, 1.807) is 12.0 Å². The Bertz CT molecular complexity index is 796. The van der Waals surface area contributed by atoms with Crippen LogP contribution in [-0.4, -0.2) is 18.8 Å². The first kappa shape index (κ1) is 18.8. The number of hydrogen-bond acceptors (Lipinski definition) is 3. The Morgan fingerprint density at radius 3 is 2.46 bits per heavy atom. The van der Waals surface area contributed by atoms with Crippen LogP contribution in [0.3, 0.4) is 0 Å². The number of rotatable bonds is 2. The van der Waals surface area contributed by atoms with Crippen molar-refractivity contribution in [2.75, 3.05) is 12.0 Å². The van der Waals surface area contributed by atoms with Crippen LogP contribution in [0.2, 0.25) is 0 Å². The Labute approximate surface area is 163 Å². The lowest BCUT2D eigenvalue weighted by atomic mass is 9.91. The summed E-state index contributed by atoms with van der Waals surface area (Å²) >= 11 is 3.62. The number of fused-ring (bicyclic) bond motifs is 1. The quantitative estimate of drug-likeness (QED) is 0.611. The maximum atomic E-state index is 13.1. The van der Waals surface area contributed by atoms with Crippen LogP contribution in [-0.2, 0) is 11.2 Å². The smallest absolute Gasteiger partial charge is 0.415 e.